The molecule has 1 aliphatic rings. The molecule has 0 saturated heterocycles. The van der Waals surface area contributed by atoms with E-state index in [-0.39, 0.29) is 18.6 Å². The van der Waals surface area contributed by atoms with E-state index in [1.54, 1.807) is 23.2 Å². The van der Waals surface area contributed by atoms with Crippen LogP contribution >= 0.6 is 11.3 Å². The van der Waals surface area contributed by atoms with Gasteiger partial charge >= 0.3 is 0 Å². The van der Waals surface area contributed by atoms with Crippen LogP contribution in [0.15, 0.2) is 36.7 Å². The molecule has 1 aromatic carbocycles. The highest BCUT2D eigenvalue weighted by molar-refractivity contribution is 7.19. The fourth-order valence-electron chi connectivity index (χ4n) is 3.28. The van der Waals surface area contributed by atoms with Crippen LogP contribution in [0.1, 0.15) is 29.0 Å². The van der Waals surface area contributed by atoms with Crippen molar-refractivity contribution in [3.8, 4) is 11.8 Å². The third-order valence-corrected chi connectivity index (χ3v) is 5.69. The molecular weight excluding hydrogens is 360 g/mol. The van der Waals surface area contributed by atoms with Gasteiger partial charge in [0.1, 0.15) is 17.0 Å². The lowest BCUT2D eigenvalue weighted by atomic mass is 10.1. The minimum absolute atomic E-state index is 0.0570. The standard InChI is InChI=1S/C20H18N4O2S/c1-2-6-17(26)24-9-14-16(10-24)27-20-18(14)19(21-12-22-20)23-15(11-25)13-7-4-3-5-8-13/h3-5,7-8,12,15,25H,9-11H2,1H3,(H,21,22,23)/t15-/m1/s1. The summed E-state index contributed by atoms with van der Waals surface area (Å²) in [6, 6.07) is 9.48. The number of nitrogens with zero attached hydrogens (tertiary/aromatic N) is 3. The molecular formula is C20H18N4O2S. The SMILES string of the molecule is CC#CC(=O)N1Cc2sc3ncnc(N[C@H](CO)c4ccccc4)c3c2C1. The Bertz CT molecular complexity index is 1050. The molecule has 2 N–H and O–H groups in total. The van der Waals surface area contributed by atoms with Gasteiger partial charge in [0, 0.05) is 17.0 Å². The zero-order valence-electron chi connectivity index (χ0n) is 14.8. The first kappa shape index (κ1) is 17.5. The average Bonchev–Trinajstić information content (AvgIpc) is 3.25. The summed E-state index contributed by atoms with van der Waals surface area (Å²) in [5, 5.41) is 14.1. The molecule has 27 heavy (non-hydrogen) atoms. The van der Waals surface area contributed by atoms with Gasteiger partial charge in [0.25, 0.3) is 5.91 Å². The molecule has 3 aromatic rings. The van der Waals surface area contributed by atoms with Gasteiger partial charge in [0.15, 0.2) is 0 Å². The second-order valence-electron chi connectivity index (χ2n) is 6.23. The summed E-state index contributed by atoms with van der Waals surface area (Å²) < 4.78 is 0. The number of thiophene rings is 1. The van der Waals surface area contributed by atoms with Gasteiger partial charge in [-0.05, 0) is 18.4 Å². The Hall–Kier alpha value is -2.95. The first-order valence-corrected chi connectivity index (χ1v) is 9.42. The summed E-state index contributed by atoms with van der Waals surface area (Å²) in [5.41, 5.74) is 2.04. The lowest BCUT2D eigenvalue weighted by Gasteiger charge is -2.18. The van der Waals surface area contributed by atoms with Crippen LogP contribution in [0.25, 0.3) is 10.2 Å². The molecule has 1 atom stereocenters. The highest BCUT2D eigenvalue weighted by atomic mass is 32.1. The maximum Gasteiger partial charge on any atom is 0.299 e. The molecule has 0 bridgehead atoms. The molecule has 0 unspecified atom stereocenters. The number of hydrogen-bond acceptors (Lipinski definition) is 6. The van der Waals surface area contributed by atoms with Crippen LogP contribution < -0.4 is 5.32 Å². The van der Waals surface area contributed by atoms with Gasteiger partial charge in [0.2, 0.25) is 0 Å². The molecule has 6 nitrogen and oxygen atoms in total. The Morgan fingerprint density at radius 2 is 2.15 bits per heavy atom. The number of fused-ring (bicyclic) bond motifs is 3. The summed E-state index contributed by atoms with van der Waals surface area (Å²) in [4.78, 5) is 24.7. The Balaban J connectivity index is 1.69. The van der Waals surface area contributed by atoms with Gasteiger partial charge in [-0.1, -0.05) is 36.3 Å². The molecule has 2 aromatic heterocycles. The van der Waals surface area contributed by atoms with E-state index >= 15 is 0 Å². The van der Waals surface area contributed by atoms with E-state index in [1.807, 2.05) is 30.3 Å². The van der Waals surface area contributed by atoms with Crippen molar-refractivity contribution in [3.63, 3.8) is 0 Å². The molecule has 1 aliphatic heterocycles. The number of aliphatic hydroxyl groups is 1. The fraction of sp³-hybridized carbons (Fsp3) is 0.250. The van der Waals surface area contributed by atoms with Crippen LogP contribution in [-0.2, 0) is 17.9 Å². The summed E-state index contributed by atoms with van der Waals surface area (Å²) in [5.74, 6) is 5.77. The molecule has 1 amide bonds. The molecule has 0 saturated carbocycles. The van der Waals surface area contributed by atoms with Crippen molar-refractivity contribution < 1.29 is 9.90 Å². The van der Waals surface area contributed by atoms with Crippen molar-refractivity contribution in [2.45, 2.75) is 26.1 Å². The predicted molar refractivity (Wildman–Crippen MR) is 105 cm³/mol. The minimum atomic E-state index is -0.273. The van der Waals surface area contributed by atoms with Crippen molar-refractivity contribution in [3.05, 3.63) is 52.7 Å². The lowest BCUT2D eigenvalue weighted by molar-refractivity contribution is -0.125. The first-order valence-electron chi connectivity index (χ1n) is 8.60. The number of benzene rings is 1. The normalized spacial score (nSPS) is 13.8. The minimum Gasteiger partial charge on any atom is -0.394 e. The second-order valence-corrected chi connectivity index (χ2v) is 7.32. The van der Waals surface area contributed by atoms with Gasteiger partial charge in [-0.15, -0.1) is 11.3 Å². The molecule has 136 valence electrons. The van der Waals surface area contributed by atoms with Crippen LogP contribution in [0.2, 0.25) is 0 Å². The van der Waals surface area contributed by atoms with Gasteiger partial charge in [-0.25, -0.2) is 9.97 Å². The summed E-state index contributed by atoms with van der Waals surface area (Å²) in [7, 11) is 0. The number of aromatic nitrogens is 2. The molecule has 0 aliphatic carbocycles. The Morgan fingerprint density at radius 3 is 2.89 bits per heavy atom. The second kappa shape index (κ2) is 7.35. The monoisotopic (exact) mass is 378 g/mol. The average molecular weight is 378 g/mol. The number of amides is 1. The maximum atomic E-state index is 12.1. The quantitative estimate of drug-likeness (QED) is 0.683. The molecule has 7 heteroatoms. The van der Waals surface area contributed by atoms with Crippen LogP contribution in [0.3, 0.4) is 0 Å². The number of carbonyl (C=O) groups is 1. The summed E-state index contributed by atoms with van der Waals surface area (Å²) in [6.45, 7) is 2.65. The zero-order chi connectivity index (χ0) is 18.8. The number of rotatable bonds is 4. The van der Waals surface area contributed by atoms with E-state index in [2.05, 4.69) is 27.1 Å². The zero-order valence-corrected chi connectivity index (χ0v) is 15.6. The highest BCUT2D eigenvalue weighted by Gasteiger charge is 2.29. The van der Waals surface area contributed by atoms with Crippen molar-refractivity contribution in [1.29, 1.82) is 0 Å². The van der Waals surface area contributed by atoms with Crippen LogP contribution in [0.5, 0.6) is 0 Å². The van der Waals surface area contributed by atoms with Crippen molar-refractivity contribution in [1.82, 2.24) is 14.9 Å². The summed E-state index contributed by atoms with van der Waals surface area (Å²) in [6.07, 6.45) is 1.53. The van der Waals surface area contributed by atoms with E-state index in [0.29, 0.717) is 18.9 Å². The van der Waals surface area contributed by atoms with Crippen molar-refractivity contribution >= 4 is 33.3 Å². The van der Waals surface area contributed by atoms with Crippen LogP contribution in [0, 0.1) is 11.8 Å². The smallest absolute Gasteiger partial charge is 0.299 e. The van der Waals surface area contributed by atoms with E-state index in [9.17, 15) is 9.90 Å². The molecule has 0 fully saturated rings. The van der Waals surface area contributed by atoms with Crippen LogP contribution in [0.4, 0.5) is 5.82 Å². The Morgan fingerprint density at radius 1 is 1.33 bits per heavy atom. The molecule has 3 heterocycles. The van der Waals surface area contributed by atoms with Crippen molar-refractivity contribution in [2.24, 2.45) is 0 Å². The Labute approximate surface area is 160 Å². The van der Waals surface area contributed by atoms with E-state index in [4.69, 9.17) is 0 Å². The predicted octanol–water partition coefficient (Wildman–Crippen LogP) is 2.70. The maximum absolute atomic E-state index is 12.1. The largest absolute Gasteiger partial charge is 0.394 e. The number of hydrogen-bond donors (Lipinski definition) is 2. The van der Waals surface area contributed by atoms with Crippen molar-refractivity contribution in [2.75, 3.05) is 11.9 Å². The lowest BCUT2D eigenvalue weighted by Crippen LogP contribution is -2.23. The number of carbonyl (C=O) groups excluding carboxylic acids is 1. The molecule has 0 radical (unpaired) electrons. The molecule has 0 spiro atoms. The first-order chi connectivity index (χ1) is 13.2. The Kier molecular flexibility index (Phi) is 4.75. The van der Waals surface area contributed by atoms with Crippen LogP contribution in [-0.4, -0.2) is 32.5 Å². The summed E-state index contributed by atoms with van der Waals surface area (Å²) >= 11 is 1.57. The van der Waals surface area contributed by atoms with Gasteiger partial charge in [-0.3, -0.25) is 4.79 Å². The third kappa shape index (κ3) is 3.25. The van der Waals surface area contributed by atoms with Gasteiger partial charge in [0.05, 0.1) is 24.6 Å². The highest BCUT2D eigenvalue weighted by Crippen LogP contribution is 2.40. The molecule has 4 rings (SSSR count). The number of anilines is 1. The van der Waals surface area contributed by atoms with Gasteiger partial charge in [-0.2, -0.15) is 0 Å². The van der Waals surface area contributed by atoms with E-state index in [1.165, 1.54) is 6.33 Å². The number of nitrogens with one attached hydrogen (secondary N) is 1. The fourth-order valence-corrected chi connectivity index (χ4v) is 4.44. The topological polar surface area (TPSA) is 78.4 Å². The number of aliphatic hydroxyl groups excluding tert-OH is 1. The third-order valence-electron chi connectivity index (χ3n) is 4.57. The van der Waals surface area contributed by atoms with Gasteiger partial charge < -0.3 is 15.3 Å². The van der Waals surface area contributed by atoms with E-state index in [0.717, 1.165) is 26.2 Å². The van der Waals surface area contributed by atoms with E-state index < -0.39 is 0 Å².